The number of carbonyl (C=O) groups is 1. The number of anilines is 1. The van der Waals surface area contributed by atoms with Crippen LogP contribution >= 0.6 is 24.8 Å². The van der Waals surface area contributed by atoms with Crippen LogP contribution in [0.1, 0.15) is 18.4 Å². The first-order valence-corrected chi connectivity index (χ1v) is 8.68. The van der Waals surface area contributed by atoms with Crippen LogP contribution in [0, 0.1) is 5.41 Å². The summed E-state index contributed by atoms with van der Waals surface area (Å²) in [7, 11) is 3.93. The number of nitrogens with one attached hydrogen (secondary N) is 1. The molecule has 3 N–H and O–H groups in total. The van der Waals surface area contributed by atoms with Crippen molar-refractivity contribution in [3.63, 3.8) is 0 Å². The van der Waals surface area contributed by atoms with Crippen LogP contribution in [0.25, 0.3) is 10.9 Å². The second-order valence-electron chi connectivity index (χ2n) is 6.83. The van der Waals surface area contributed by atoms with E-state index in [4.69, 9.17) is 10.5 Å². The number of pyridine rings is 1. The zero-order valence-electron chi connectivity index (χ0n) is 15.7. The van der Waals surface area contributed by atoms with Gasteiger partial charge in [0.2, 0.25) is 5.91 Å². The highest BCUT2D eigenvalue weighted by Crippen LogP contribution is 2.30. The molecule has 27 heavy (non-hydrogen) atoms. The Bertz CT molecular complexity index is 764. The second-order valence-corrected chi connectivity index (χ2v) is 6.83. The minimum absolute atomic E-state index is 0. The first-order valence-electron chi connectivity index (χ1n) is 8.68. The number of carbonyl (C=O) groups excluding carboxylic acids is 1. The van der Waals surface area contributed by atoms with Gasteiger partial charge in [0.05, 0.1) is 10.9 Å². The van der Waals surface area contributed by atoms with E-state index in [-0.39, 0.29) is 30.7 Å². The van der Waals surface area contributed by atoms with E-state index in [0.717, 1.165) is 22.3 Å². The van der Waals surface area contributed by atoms with E-state index in [1.165, 1.54) is 0 Å². The molecule has 0 saturated carbocycles. The summed E-state index contributed by atoms with van der Waals surface area (Å²) in [6.45, 7) is 1.99. The number of fused-ring (bicyclic) bond motifs is 1. The Morgan fingerprint density at radius 1 is 1.26 bits per heavy atom. The molecule has 0 radical (unpaired) electrons. The molecule has 2 heterocycles. The smallest absolute Gasteiger partial charge is 0.227 e. The highest BCUT2D eigenvalue weighted by atomic mass is 35.5. The van der Waals surface area contributed by atoms with Crippen molar-refractivity contribution in [2.75, 3.05) is 38.8 Å². The van der Waals surface area contributed by atoms with Gasteiger partial charge in [-0.1, -0.05) is 18.2 Å². The molecule has 1 aliphatic heterocycles. The van der Waals surface area contributed by atoms with Gasteiger partial charge >= 0.3 is 0 Å². The van der Waals surface area contributed by atoms with Crippen LogP contribution in [-0.2, 0) is 16.1 Å². The van der Waals surface area contributed by atoms with Gasteiger partial charge in [-0.25, -0.2) is 4.98 Å². The number of para-hydroxylation sites is 1. The lowest BCUT2D eigenvalue weighted by Crippen LogP contribution is -2.49. The Morgan fingerprint density at radius 3 is 2.56 bits per heavy atom. The van der Waals surface area contributed by atoms with Crippen LogP contribution in [0.3, 0.4) is 0 Å². The normalized spacial score (nSPS) is 15.4. The van der Waals surface area contributed by atoms with Crippen molar-refractivity contribution >= 4 is 47.4 Å². The van der Waals surface area contributed by atoms with Crippen molar-refractivity contribution in [2.24, 2.45) is 11.1 Å². The van der Waals surface area contributed by atoms with Crippen molar-refractivity contribution in [2.45, 2.75) is 19.4 Å². The predicted molar refractivity (Wildman–Crippen MR) is 114 cm³/mol. The molecule has 0 unspecified atom stereocenters. The van der Waals surface area contributed by atoms with Crippen molar-refractivity contribution in [1.82, 2.24) is 10.3 Å². The number of hydrogen-bond acceptors (Lipinski definition) is 5. The fraction of sp³-hybridized carbons (Fsp3) is 0.474. The van der Waals surface area contributed by atoms with Gasteiger partial charge in [-0.2, -0.15) is 0 Å². The molecule has 0 bridgehead atoms. The molecular formula is C19H28Cl2N4O2. The van der Waals surface area contributed by atoms with Gasteiger partial charge in [0, 0.05) is 45.8 Å². The lowest BCUT2D eigenvalue weighted by molar-refractivity contribution is -0.136. The predicted octanol–water partition coefficient (Wildman–Crippen LogP) is 2.52. The Labute approximate surface area is 172 Å². The van der Waals surface area contributed by atoms with E-state index >= 15 is 0 Å². The zero-order chi connectivity index (χ0) is 17.9. The topological polar surface area (TPSA) is 80.5 Å². The maximum absolute atomic E-state index is 12.8. The van der Waals surface area contributed by atoms with Gasteiger partial charge in [-0.15, -0.1) is 24.8 Å². The van der Waals surface area contributed by atoms with Crippen molar-refractivity contribution in [1.29, 1.82) is 0 Å². The molecule has 8 heteroatoms. The molecule has 0 aliphatic carbocycles. The third-order valence-electron chi connectivity index (χ3n) is 5.01. The summed E-state index contributed by atoms with van der Waals surface area (Å²) in [5, 5.41) is 4.16. The van der Waals surface area contributed by atoms with Gasteiger partial charge in [0.25, 0.3) is 0 Å². The summed E-state index contributed by atoms with van der Waals surface area (Å²) in [6.07, 6.45) is 1.35. The lowest BCUT2D eigenvalue weighted by Gasteiger charge is -2.34. The fourth-order valence-corrected chi connectivity index (χ4v) is 3.26. The first-order chi connectivity index (χ1) is 12.1. The molecule has 0 atom stereocenters. The number of ether oxygens (including phenoxy) is 1. The van der Waals surface area contributed by atoms with Crippen LogP contribution in [-0.4, -0.2) is 44.7 Å². The summed E-state index contributed by atoms with van der Waals surface area (Å²) >= 11 is 0. The second kappa shape index (κ2) is 10.1. The molecular weight excluding hydrogens is 387 g/mol. The third-order valence-corrected chi connectivity index (χ3v) is 5.01. The molecule has 1 aromatic heterocycles. The standard InChI is InChI=1S/C19H26N4O2.2ClH/c1-23(2)17-11-14(15-5-3-4-6-16(15)22-17)12-21-18(24)19(13-20)7-9-25-10-8-19;;/h3-6,11H,7-10,12-13,20H2,1-2H3,(H,21,24);2*1H. The maximum atomic E-state index is 12.8. The highest BCUT2D eigenvalue weighted by Gasteiger charge is 2.38. The summed E-state index contributed by atoms with van der Waals surface area (Å²) in [6, 6.07) is 10.0. The van der Waals surface area contributed by atoms with E-state index in [1.54, 1.807) is 0 Å². The Balaban J connectivity index is 0.00000182. The van der Waals surface area contributed by atoms with Gasteiger partial charge in [0.1, 0.15) is 5.82 Å². The minimum atomic E-state index is -0.508. The van der Waals surface area contributed by atoms with E-state index in [0.29, 0.717) is 39.1 Å². The molecule has 0 spiro atoms. The van der Waals surface area contributed by atoms with Crippen molar-refractivity contribution in [3.8, 4) is 0 Å². The Morgan fingerprint density at radius 2 is 1.93 bits per heavy atom. The highest BCUT2D eigenvalue weighted by molar-refractivity contribution is 5.86. The molecule has 1 amide bonds. The fourth-order valence-electron chi connectivity index (χ4n) is 3.26. The summed E-state index contributed by atoms with van der Waals surface area (Å²) in [5.74, 6) is 0.896. The maximum Gasteiger partial charge on any atom is 0.227 e. The number of amides is 1. The molecule has 6 nitrogen and oxygen atoms in total. The largest absolute Gasteiger partial charge is 0.381 e. The van der Waals surface area contributed by atoms with Crippen LogP contribution in [0.4, 0.5) is 5.82 Å². The van der Waals surface area contributed by atoms with Crippen molar-refractivity contribution in [3.05, 3.63) is 35.9 Å². The van der Waals surface area contributed by atoms with E-state index in [9.17, 15) is 4.79 Å². The summed E-state index contributed by atoms with van der Waals surface area (Å²) in [5.41, 5.74) is 7.41. The van der Waals surface area contributed by atoms with Crippen LogP contribution < -0.4 is 16.0 Å². The van der Waals surface area contributed by atoms with Gasteiger partial charge in [-0.05, 0) is 30.5 Å². The number of hydrogen-bond donors (Lipinski definition) is 2. The molecule has 2 aromatic rings. The van der Waals surface area contributed by atoms with Crippen LogP contribution in [0.2, 0.25) is 0 Å². The molecule has 150 valence electrons. The number of benzene rings is 1. The van der Waals surface area contributed by atoms with Gasteiger partial charge in [-0.3, -0.25) is 4.79 Å². The number of nitrogens with zero attached hydrogens (tertiary/aromatic N) is 2. The number of rotatable bonds is 5. The van der Waals surface area contributed by atoms with Crippen LogP contribution in [0.5, 0.6) is 0 Å². The van der Waals surface area contributed by atoms with E-state index < -0.39 is 5.41 Å². The first kappa shape index (κ1) is 23.4. The van der Waals surface area contributed by atoms with E-state index in [2.05, 4.69) is 10.3 Å². The molecule has 1 fully saturated rings. The Hall–Kier alpha value is -1.60. The summed E-state index contributed by atoms with van der Waals surface area (Å²) in [4.78, 5) is 19.4. The molecule has 1 saturated heterocycles. The number of nitrogens with two attached hydrogens (primary N) is 1. The van der Waals surface area contributed by atoms with Gasteiger partial charge < -0.3 is 20.7 Å². The quantitative estimate of drug-likeness (QED) is 0.785. The molecule has 3 rings (SSSR count). The van der Waals surface area contributed by atoms with E-state index in [1.807, 2.05) is 49.3 Å². The molecule has 1 aromatic carbocycles. The monoisotopic (exact) mass is 414 g/mol. The minimum Gasteiger partial charge on any atom is -0.381 e. The zero-order valence-corrected chi connectivity index (χ0v) is 17.4. The number of halogens is 2. The third kappa shape index (κ3) is 5.02. The molecule has 1 aliphatic rings. The number of aromatic nitrogens is 1. The lowest BCUT2D eigenvalue weighted by atomic mass is 9.79. The van der Waals surface area contributed by atoms with Crippen LogP contribution in [0.15, 0.2) is 30.3 Å². The SMILES string of the molecule is CN(C)c1cc(CNC(=O)C2(CN)CCOCC2)c2ccccc2n1.Cl.Cl. The van der Waals surface area contributed by atoms with Crippen molar-refractivity contribution < 1.29 is 9.53 Å². The average molecular weight is 415 g/mol. The van der Waals surface area contributed by atoms with Gasteiger partial charge in [0.15, 0.2) is 0 Å². The summed E-state index contributed by atoms with van der Waals surface area (Å²) < 4.78 is 5.39. The average Bonchev–Trinajstić information content (AvgIpc) is 2.66. The Kier molecular flexibility index (Phi) is 8.75.